The molecule has 4 atom stereocenters. The highest BCUT2D eigenvalue weighted by Crippen LogP contribution is 2.48. The van der Waals surface area contributed by atoms with E-state index >= 15 is 0 Å². The largest absolute Gasteiger partial charge is 0.416 e. The van der Waals surface area contributed by atoms with E-state index in [0.717, 1.165) is 12.1 Å². The highest BCUT2D eigenvalue weighted by Gasteiger charge is 2.50. The Kier molecular flexibility index (Phi) is 7.14. The summed E-state index contributed by atoms with van der Waals surface area (Å²) in [6.45, 7) is 4.19. The van der Waals surface area contributed by atoms with Crippen molar-refractivity contribution in [1.82, 2.24) is 10.2 Å². The molecule has 3 N–H and O–H groups in total. The number of rotatable bonds is 7. The maximum absolute atomic E-state index is 14.9. The summed E-state index contributed by atoms with van der Waals surface area (Å²) < 4.78 is 59.5. The Morgan fingerprint density at radius 3 is 2.35 bits per heavy atom. The predicted octanol–water partition coefficient (Wildman–Crippen LogP) is 4.10. The number of benzene rings is 2. The third kappa shape index (κ3) is 4.95. The van der Waals surface area contributed by atoms with Crippen LogP contribution in [0.5, 0.6) is 0 Å². The summed E-state index contributed by atoms with van der Waals surface area (Å²) in [7, 11) is 0. The summed E-state index contributed by atoms with van der Waals surface area (Å²) >= 11 is 0. The van der Waals surface area contributed by atoms with E-state index in [2.05, 4.69) is 5.32 Å². The van der Waals surface area contributed by atoms with E-state index in [1.807, 2.05) is 13.8 Å². The molecule has 7 nitrogen and oxygen atoms in total. The minimum Gasteiger partial charge on any atom is -0.381 e. The Balaban J connectivity index is 1.40. The van der Waals surface area contributed by atoms with Crippen molar-refractivity contribution in [3.8, 4) is 0 Å². The van der Waals surface area contributed by atoms with Crippen molar-refractivity contribution in [3.05, 3.63) is 70.5 Å². The first-order valence-electron chi connectivity index (χ1n) is 13.3. The number of hydrogen-bond donors (Lipinski definition) is 2. The van der Waals surface area contributed by atoms with Crippen molar-refractivity contribution in [3.63, 3.8) is 0 Å². The first-order chi connectivity index (χ1) is 18.8. The zero-order valence-electron chi connectivity index (χ0n) is 22.1. The van der Waals surface area contributed by atoms with Gasteiger partial charge in [-0.15, -0.1) is 0 Å². The number of amides is 3. The number of carbonyl (C=O) groups excluding carboxylic acids is 3. The van der Waals surface area contributed by atoms with Gasteiger partial charge in [-0.05, 0) is 61.9 Å². The van der Waals surface area contributed by atoms with Gasteiger partial charge in [0.15, 0.2) is 0 Å². The lowest BCUT2D eigenvalue weighted by atomic mass is 9.90. The molecule has 2 saturated heterocycles. The van der Waals surface area contributed by atoms with Crippen molar-refractivity contribution in [1.29, 1.82) is 0 Å². The van der Waals surface area contributed by atoms with Gasteiger partial charge in [0.25, 0.3) is 5.91 Å². The molecule has 5 rings (SSSR count). The van der Waals surface area contributed by atoms with Crippen LogP contribution in [0.3, 0.4) is 0 Å². The molecule has 3 aliphatic rings. The molecule has 1 saturated carbocycles. The van der Waals surface area contributed by atoms with Crippen molar-refractivity contribution in [2.75, 3.05) is 13.2 Å². The third-order valence-electron chi connectivity index (χ3n) is 8.71. The van der Waals surface area contributed by atoms with Crippen LogP contribution in [0.25, 0.3) is 0 Å². The van der Waals surface area contributed by atoms with Crippen LogP contribution in [-0.4, -0.2) is 47.9 Å². The third-order valence-corrected chi connectivity index (χ3v) is 8.71. The molecule has 0 unspecified atom stereocenters. The maximum Gasteiger partial charge on any atom is 0.416 e. The summed E-state index contributed by atoms with van der Waals surface area (Å²) in [6, 6.07) is 6.87. The van der Waals surface area contributed by atoms with Gasteiger partial charge in [-0.3, -0.25) is 14.4 Å². The number of nitrogens with two attached hydrogens (primary N) is 1. The monoisotopic (exact) mass is 561 g/mol. The van der Waals surface area contributed by atoms with Crippen LogP contribution in [0, 0.1) is 17.7 Å². The fraction of sp³-hybridized carbons (Fsp3) is 0.483. The van der Waals surface area contributed by atoms with E-state index in [0.29, 0.717) is 36.5 Å². The summed E-state index contributed by atoms with van der Waals surface area (Å²) in [5, 5.41) is 2.82. The molecule has 2 aromatic rings. The second kappa shape index (κ2) is 10.2. The van der Waals surface area contributed by atoms with Crippen LogP contribution >= 0.6 is 0 Å². The summed E-state index contributed by atoms with van der Waals surface area (Å²) in [6.07, 6.45) is -3.14. The zero-order valence-corrected chi connectivity index (χ0v) is 22.1. The number of primary amides is 1. The molecule has 2 aromatic carbocycles. The topological polar surface area (TPSA) is 102 Å². The average molecular weight is 562 g/mol. The van der Waals surface area contributed by atoms with Gasteiger partial charge in [0.2, 0.25) is 11.8 Å². The molecule has 3 fully saturated rings. The molecule has 11 heteroatoms. The zero-order chi connectivity index (χ0) is 29.0. The predicted molar refractivity (Wildman–Crippen MR) is 136 cm³/mol. The lowest BCUT2D eigenvalue weighted by molar-refractivity contribution is -0.138. The van der Waals surface area contributed by atoms with Crippen LogP contribution in [0.4, 0.5) is 17.6 Å². The fourth-order valence-electron chi connectivity index (χ4n) is 5.78. The van der Waals surface area contributed by atoms with E-state index in [-0.39, 0.29) is 42.6 Å². The van der Waals surface area contributed by atoms with E-state index in [9.17, 15) is 31.9 Å². The standard InChI is InChI=1S/C29H31F4N3O4/c1-15-10-23(36(16(15)2)26(38)17-4-3-5-19(11-17)28(8-9-28)27(34)39)25(37)35-24(18-13-40-14-18)21-7-6-20(12-22(21)30)29(31,32)33/h3-7,11-12,15-16,18,23-24H,8-10,13-14H2,1-2H3,(H2,34,39)(H,35,37)/t15-,16-,23-,24-/m1/s1. The second-order valence-corrected chi connectivity index (χ2v) is 11.2. The van der Waals surface area contributed by atoms with E-state index in [1.54, 1.807) is 24.3 Å². The van der Waals surface area contributed by atoms with Gasteiger partial charge in [-0.25, -0.2) is 4.39 Å². The molecule has 3 amide bonds. The maximum atomic E-state index is 14.9. The summed E-state index contributed by atoms with van der Waals surface area (Å²) in [5.41, 5.74) is 4.63. The van der Waals surface area contributed by atoms with Crippen LogP contribution in [0.2, 0.25) is 0 Å². The summed E-state index contributed by atoms with van der Waals surface area (Å²) in [5.74, 6) is -2.80. The number of ether oxygens (including phenoxy) is 1. The number of likely N-dealkylation sites (tertiary alicyclic amines) is 1. The highest BCUT2D eigenvalue weighted by molar-refractivity contribution is 5.99. The first-order valence-corrected chi connectivity index (χ1v) is 13.3. The Labute approximate surface area is 229 Å². The molecular weight excluding hydrogens is 530 g/mol. The second-order valence-electron chi connectivity index (χ2n) is 11.2. The van der Waals surface area contributed by atoms with E-state index < -0.39 is 46.9 Å². The minimum atomic E-state index is -4.71. The molecule has 0 spiro atoms. The van der Waals surface area contributed by atoms with Crippen molar-refractivity contribution >= 4 is 17.7 Å². The number of carbonyl (C=O) groups is 3. The van der Waals surface area contributed by atoms with Crippen LogP contribution < -0.4 is 11.1 Å². The lowest BCUT2D eigenvalue weighted by Gasteiger charge is -2.36. The summed E-state index contributed by atoms with van der Waals surface area (Å²) in [4.78, 5) is 41.0. The lowest BCUT2D eigenvalue weighted by Crippen LogP contribution is -2.51. The Bertz CT molecular complexity index is 1340. The van der Waals surface area contributed by atoms with Gasteiger partial charge in [-0.1, -0.05) is 25.1 Å². The van der Waals surface area contributed by atoms with Gasteiger partial charge in [0, 0.05) is 23.1 Å². The molecular formula is C29H31F4N3O4. The molecule has 40 heavy (non-hydrogen) atoms. The molecule has 0 aromatic heterocycles. The van der Waals surface area contributed by atoms with E-state index in [1.165, 1.54) is 4.90 Å². The van der Waals surface area contributed by atoms with Gasteiger partial charge in [-0.2, -0.15) is 13.2 Å². The quantitative estimate of drug-likeness (QED) is 0.497. The van der Waals surface area contributed by atoms with Crippen LogP contribution in [0.15, 0.2) is 42.5 Å². The smallest absolute Gasteiger partial charge is 0.381 e. The minimum absolute atomic E-state index is 0.0310. The Morgan fingerprint density at radius 2 is 1.80 bits per heavy atom. The van der Waals surface area contributed by atoms with Crippen molar-refractivity contribution in [2.45, 2.75) is 62.8 Å². The number of nitrogens with zero attached hydrogens (tertiary/aromatic N) is 1. The number of halogens is 4. The molecule has 2 heterocycles. The number of nitrogens with one attached hydrogen (secondary N) is 1. The van der Waals surface area contributed by atoms with Crippen molar-refractivity contribution < 1.29 is 36.7 Å². The SMILES string of the molecule is C[C@@H]1C[C@H](C(=O)N[C@@H](c2ccc(C(F)(F)F)cc2F)C2COC2)N(C(=O)c2cccc(C3(C(N)=O)CC3)c2)[C@@H]1C. The fourth-order valence-corrected chi connectivity index (χ4v) is 5.78. The number of hydrogen-bond acceptors (Lipinski definition) is 4. The highest BCUT2D eigenvalue weighted by atomic mass is 19.4. The van der Waals surface area contributed by atoms with Gasteiger partial charge in [0.05, 0.1) is 30.2 Å². The molecule has 214 valence electrons. The van der Waals surface area contributed by atoms with Gasteiger partial charge in [0.1, 0.15) is 11.9 Å². The molecule has 0 radical (unpaired) electrons. The number of alkyl halides is 3. The normalized spacial score (nSPS) is 24.8. The van der Waals surface area contributed by atoms with E-state index in [4.69, 9.17) is 10.5 Å². The first kappa shape index (κ1) is 28.1. The van der Waals surface area contributed by atoms with Gasteiger partial charge < -0.3 is 20.7 Å². The average Bonchev–Trinajstić information content (AvgIpc) is 3.63. The van der Waals surface area contributed by atoms with Gasteiger partial charge >= 0.3 is 6.18 Å². The Morgan fingerprint density at radius 1 is 1.10 bits per heavy atom. The van der Waals surface area contributed by atoms with Crippen molar-refractivity contribution in [2.24, 2.45) is 17.6 Å². The molecule has 0 bridgehead atoms. The van der Waals surface area contributed by atoms with Crippen LogP contribution in [0.1, 0.15) is 66.2 Å². The molecule has 2 aliphatic heterocycles. The van der Waals surface area contributed by atoms with Crippen LogP contribution in [-0.2, 0) is 25.9 Å². The Hall–Kier alpha value is -3.47. The molecule has 1 aliphatic carbocycles.